The summed E-state index contributed by atoms with van der Waals surface area (Å²) in [4.78, 5) is -0.344. The Bertz CT molecular complexity index is 608. The van der Waals surface area contributed by atoms with E-state index in [1.165, 1.54) is 17.7 Å². The van der Waals surface area contributed by atoms with Gasteiger partial charge in [-0.1, -0.05) is 0 Å². The van der Waals surface area contributed by atoms with Gasteiger partial charge in [0.15, 0.2) is 0 Å². The van der Waals surface area contributed by atoms with Crippen molar-refractivity contribution in [3.63, 3.8) is 0 Å². The molecule has 1 rings (SSSR count). The number of benzene rings is 1. The Labute approximate surface area is 121 Å². The quantitative estimate of drug-likeness (QED) is 0.610. The van der Waals surface area contributed by atoms with Crippen LogP contribution in [0.2, 0.25) is 0 Å². The van der Waals surface area contributed by atoms with Gasteiger partial charge in [-0.3, -0.25) is 0 Å². The van der Waals surface area contributed by atoms with E-state index >= 15 is 0 Å². The first kappa shape index (κ1) is 17.2. The molecule has 3 N–H and O–H groups in total. The maximum absolute atomic E-state index is 12.7. The van der Waals surface area contributed by atoms with Crippen LogP contribution in [-0.4, -0.2) is 27.3 Å². The van der Waals surface area contributed by atoms with E-state index in [-0.39, 0.29) is 16.1 Å². The number of hydrogen-bond donors (Lipinski definition) is 2. The molecule has 1 aromatic rings. The number of nitrogens with two attached hydrogens (primary N) is 1. The molecule has 0 aliphatic carbocycles. The fraction of sp³-hybridized carbons (Fsp3) is 0.400. The van der Waals surface area contributed by atoms with Crippen molar-refractivity contribution in [3.8, 4) is 0 Å². The van der Waals surface area contributed by atoms with Crippen molar-refractivity contribution in [2.45, 2.75) is 24.2 Å². The molecule has 10 heteroatoms. The van der Waals surface area contributed by atoms with Gasteiger partial charge < -0.3 is 5.73 Å². The topological polar surface area (TPSA) is 72.2 Å². The van der Waals surface area contributed by atoms with Gasteiger partial charge in [0.1, 0.15) is 0 Å². The fourth-order valence-corrected chi connectivity index (χ4v) is 3.06. The third-order valence-corrected chi connectivity index (χ3v) is 4.63. The van der Waals surface area contributed by atoms with E-state index in [4.69, 9.17) is 5.73 Å². The van der Waals surface area contributed by atoms with Gasteiger partial charge in [0.2, 0.25) is 10.0 Å². The fourth-order valence-electron chi connectivity index (χ4n) is 1.30. The molecule has 0 saturated carbocycles. The van der Waals surface area contributed by atoms with Crippen LogP contribution in [0.15, 0.2) is 21.5 Å². The molecule has 0 aliphatic rings. The van der Waals surface area contributed by atoms with Gasteiger partial charge in [-0.15, -0.1) is 0 Å². The van der Waals surface area contributed by atoms with Gasteiger partial charge in [-0.05, 0) is 40.5 Å². The number of aryl methyl sites for hydroxylation is 1. The lowest BCUT2D eigenvalue weighted by Crippen LogP contribution is -2.41. The Kier molecular flexibility index (Phi) is 5.03. The van der Waals surface area contributed by atoms with Crippen LogP contribution in [-0.2, 0) is 10.0 Å². The highest BCUT2D eigenvalue weighted by Gasteiger charge is 2.41. The molecule has 0 bridgehead atoms. The first-order valence-corrected chi connectivity index (χ1v) is 7.46. The zero-order valence-corrected chi connectivity index (χ0v) is 12.5. The van der Waals surface area contributed by atoms with Crippen LogP contribution in [0, 0.1) is 6.92 Å². The highest BCUT2D eigenvalue weighted by Crippen LogP contribution is 2.27. The SMILES string of the molecule is Cc1cc(Br)c(N)cc1S(=O)(=O)NCC(F)(F)C(F)F. The number of nitrogens with one attached hydrogen (secondary N) is 1. The maximum atomic E-state index is 12.7. The van der Waals surface area contributed by atoms with Gasteiger partial charge in [0.05, 0.1) is 11.4 Å². The molecular weight excluding hydrogens is 368 g/mol. The third kappa shape index (κ3) is 3.83. The van der Waals surface area contributed by atoms with Crippen LogP contribution in [0.3, 0.4) is 0 Å². The second kappa shape index (κ2) is 5.86. The van der Waals surface area contributed by atoms with Crippen molar-refractivity contribution in [1.29, 1.82) is 0 Å². The molecule has 0 unspecified atom stereocenters. The molecule has 0 atom stereocenters. The number of rotatable bonds is 5. The number of halogens is 5. The zero-order valence-electron chi connectivity index (χ0n) is 10.1. The van der Waals surface area contributed by atoms with Crippen LogP contribution in [0.25, 0.3) is 0 Å². The van der Waals surface area contributed by atoms with Crippen LogP contribution in [0.1, 0.15) is 5.56 Å². The van der Waals surface area contributed by atoms with Crippen LogP contribution < -0.4 is 10.5 Å². The van der Waals surface area contributed by atoms with Crippen molar-refractivity contribution < 1.29 is 26.0 Å². The Morgan fingerprint density at radius 1 is 1.40 bits per heavy atom. The van der Waals surface area contributed by atoms with E-state index < -0.39 is 28.9 Å². The Morgan fingerprint density at radius 3 is 2.45 bits per heavy atom. The Balaban J connectivity index is 3.04. The number of anilines is 1. The largest absolute Gasteiger partial charge is 0.398 e. The molecule has 0 fully saturated rings. The van der Waals surface area contributed by atoms with Crippen molar-refractivity contribution in [3.05, 3.63) is 22.2 Å². The number of sulfonamides is 1. The summed E-state index contributed by atoms with van der Waals surface area (Å²) in [5, 5.41) is 0. The summed E-state index contributed by atoms with van der Waals surface area (Å²) in [6, 6.07) is 2.44. The zero-order chi connectivity index (χ0) is 15.7. The second-order valence-corrected chi connectivity index (χ2v) is 6.62. The van der Waals surface area contributed by atoms with Crippen molar-refractivity contribution >= 4 is 31.6 Å². The third-order valence-electron chi connectivity index (χ3n) is 2.40. The van der Waals surface area contributed by atoms with E-state index in [0.717, 1.165) is 6.07 Å². The molecule has 114 valence electrons. The summed E-state index contributed by atoms with van der Waals surface area (Å²) in [5.41, 5.74) is 5.82. The first-order chi connectivity index (χ1) is 8.97. The molecule has 0 spiro atoms. The monoisotopic (exact) mass is 378 g/mol. The van der Waals surface area contributed by atoms with Crippen LogP contribution >= 0.6 is 15.9 Å². The van der Waals surface area contributed by atoms with E-state index in [9.17, 15) is 26.0 Å². The average Bonchev–Trinajstić information content (AvgIpc) is 2.31. The molecule has 0 heterocycles. The average molecular weight is 379 g/mol. The van der Waals surface area contributed by atoms with Gasteiger partial charge in [-0.2, -0.15) is 8.78 Å². The van der Waals surface area contributed by atoms with E-state index in [2.05, 4.69) is 15.9 Å². The van der Waals surface area contributed by atoms with Gasteiger partial charge >= 0.3 is 12.3 Å². The molecule has 0 aromatic heterocycles. The van der Waals surface area contributed by atoms with Crippen molar-refractivity contribution in [2.24, 2.45) is 0 Å². The van der Waals surface area contributed by atoms with Crippen molar-refractivity contribution in [2.75, 3.05) is 12.3 Å². The van der Waals surface area contributed by atoms with Gasteiger partial charge in [-0.25, -0.2) is 21.9 Å². The molecule has 4 nitrogen and oxygen atoms in total. The second-order valence-electron chi connectivity index (χ2n) is 4.03. The Morgan fingerprint density at radius 2 is 1.95 bits per heavy atom. The normalized spacial score (nSPS) is 12.9. The molecule has 0 aliphatic heterocycles. The summed E-state index contributed by atoms with van der Waals surface area (Å²) in [6.45, 7) is -0.271. The lowest BCUT2D eigenvalue weighted by molar-refractivity contribution is -0.122. The van der Waals surface area contributed by atoms with Crippen LogP contribution in [0.4, 0.5) is 23.2 Å². The highest BCUT2D eigenvalue weighted by molar-refractivity contribution is 9.10. The highest BCUT2D eigenvalue weighted by atomic mass is 79.9. The molecule has 20 heavy (non-hydrogen) atoms. The standard InChI is InChI=1S/C10H11BrF4N2O2S/c1-5-2-6(11)7(16)3-8(5)20(18,19)17-4-10(14,15)9(12)13/h2-3,9,17H,4,16H2,1H3. The van der Waals surface area contributed by atoms with E-state index in [1.54, 1.807) is 0 Å². The number of nitrogen functional groups attached to an aromatic ring is 1. The smallest absolute Gasteiger partial charge is 0.320 e. The Hall–Kier alpha value is -0.870. The van der Waals surface area contributed by atoms with Gasteiger partial charge in [0, 0.05) is 10.2 Å². The molecular formula is C10H11BrF4N2O2S. The van der Waals surface area contributed by atoms with Gasteiger partial charge in [0.25, 0.3) is 0 Å². The minimum atomic E-state index is -4.44. The predicted octanol–water partition coefficient (Wildman–Crippen LogP) is 2.52. The lowest BCUT2D eigenvalue weighted by Gasteiger charge is -2.17. The minimum absolute atomic E-state index is 0.0802. The summed E-state index contributed by atoms with van der Waals surface area (Å²) < 4.78 is 74.9. The molecule has 0 amide bonds. The van der Waals surface area contributed by atoms with Crippen molar-refractivity contribution in [1.82, 2.24) is 4.72 Å². The van der Waals surface area contributed by atoms with E-state index in [0.29, 0.717) is 4.47 Å². The lowest BCUT2D eigenvalue weighted by atomic mass is 10.2. The summed E-state index contributed by atoms with van der Waals surface area (Å²) in [6.07, 6.45) is -3.96. The number of alkyl halides is 4. The predicted molar refractivity (Wildman–Crippen MR) is 69.4 cm³/mol. The molecule has 0 radical (unpaired) electrons. The summed E-state index contributed by atoms with van der Waals surface area (Å²) in [5.74, 6) is -4.44. The van der Waals surface area contributed by atoms with E-state index in [1.807, 2.05) is 0 Å². The molecule has 0 saturated heterocycles. The molecule has 1 aromatic carbocycles. The van der Waals surface area contributed by atoms with Crippen LogP contribution in [0.5, 0.6) is 0 Å². The summed E-state index contributed by atoms with van der Waals surface area (Å²) in [7, 11) is -4.36. The minimum Gasteiger partial charge on any atom is -0.398 e. The first-order valence-electron chi connectivity index (χ1n) is 5.18. The summed E-state index contributed by atoms with van der Waals surface area (Å²) >= 11 is 3.08. The maximum Gasteiger partial charge on any atom is 0.320 e. The number of hydrogen-bond acceptors (Lipinski definition) is 3.